The molecular formula is C16H19N3O3S2. The summed E-state index contributed by atoms with van der Waals surface area (Å²) in [6.07, 6.45) is 2.56. The van der Waals surface area contributed by atoms with Crippen LogP contribution in [0.5, 0.6) is 0 Å². The lowest BCUT2D eigenvalue weighted by Crippen LogP contribution is -2.30. The van der Waals surface area contributed by atoms with Crippen molar-refractivity contribution in [3.8, 4) is 0 Å². The SMILES string of the molecule is CSc1cccc(NC(=O)NCCc2ccc(S(N)(=O)=O)cc2)c1. The van der Waals surface area contributed by atoms with E-state index < -0.39 is 10.0 Å². The van der Waals surface area contributed by atoms with Crippen LogP contribution >= 0.6 is 11.8 Å². The topological polar surface area (TPSA) is 101 Å². The van der Waals surface area contributed by atoms with Crippen LogP contribution in [0.25, 0.3) is 0 Å². The molecule has 0 aliphatic rings. The molecule has 128 valence electrons. The van der Waals surface area contributed by atoms with Gasteiger partial charge >= 0.3 is 6.03 Å². The highest BCUT2D eigenvalue weighted by atomic mass is 32.2. The summed E-state index contributed by atoms with van der Waals surface area (Å²) in [7, 11) is -3.68. The molecule has 0 atom stereocenters. The standard InChI is InChI=1S/C16H19N3O3S2/c1-23-14-4-2-3-13(11-14)19-16(20)18-10-9-12-5-7-15(8-6-12)24(17,21)22/h2-8,11H,9-10H2,1H3,(H2,17,21,22)(H2,18,19,20). The smallest absolute Gasteiger partial charge is 0.319 e. The van der Waals surface area contributed by atoms with Crippen LogP contribution in [0, 0.1) is 0 Å². The minimum atomic E-state index is -3.68. The highest BCUT2D eigenvalue weighted by Crippen LogP contribution is 2.18. The third-order valence-electron chi connectivity index (χ3n) is 3.28. The van der Waals surface area contributed by atoms with Gasteiger partial charge in [-0.3, -0.25) is 0 Å². The number of carbonyl (C=O) groups excluding carboxylic acids is 1. The van der Waals surface area contributed by atoms with Gasteiger partial charge in [-0.15, -0.1) is 11.8 Å². The first kappa shape index (κ1) is 18.3. The largest absolute Gasteiger partial charge is 0.338 e. The van der Waals surface area contributed by atoms with Gasteiger partial charge in [0.05, 0.1) is 4.90 Å². The molecule has 6 nitrogen and oxygen atoms in total. The van der Waals surface area contributed by atoms with E-state index in [1.807, 2.05) is 30.5 Å². The van der Waals surface area contributed by atoms with Crippen LogP contribution in [-0.4, -0.2) is 27.2 Å². The molecule has 0 fully saturated rings. The number of nitrogens with two attached hydrogens (primary N) is 1. The monoisotopic (exact) mass is 365 g/mol. The fourth-order valence-electron chi connectivity index (χ4n) is 2.04. The van der Waals surface area contributed by atoms with Crippen LogP contribution in [0.4, 0.5) is 10.5 Å². The summed E-state index contributed by atoms with van der Waals surface area (Å²) >= 11 is 1.60. The van der Waals surface area contributed by atoms with Crippen LogP contribution in [0.15, 0.2) is 58.3 Å². The molecule has 0 spiro atoms. The Hall–Kier alpha value is -2.03. The van der Waals surface area contributed by atoms with E-state index in [1.54, 1.807) is 23.9 Å². The predicted octanol–water partition coefficient (Wildman–Crippen LogP) is 2.42. The highest BCUT2D eigenvalue weighted by Gasteiger charge is 2.07. The van der Waals surface area contributed by atoms with Gasteiger partial charge in [0.25, 0.3) is 0 Å². The lowest BCUT2D eigenvalue weighted by molar-refractivity contribution is 0.252. The van der Waals surface area contributed by atoms with Crippen molar-refractivity contribution in [2.75, 3.05) is 18.1 Å². The quantitative estimate of drug-likeness (QED) is 0.684. The maximum atomic E-state index is 11.9. The third kappa shape index (κ3) is 5.55. The van der Waals surface area contributed by atoms with E-state index in [0.29, 0.717) is 13.0 Å². The van der Waals surface area contributed by atoms with Crippen molar-refractivity contribution in [2.45, 2.75) is 16.2 Å². The Morgan fingerprint density at radius 1 is 1.17 bits per heavy atom. The maximum absolute atomic E-state index is 11.9. The van der Waals surface area contributed by atoms with Crippen molar-refractivity contribution in [1.82, 2.24) is 5.32 Å². The van der Waals surface area contributed by atoms with Crippen LogP contribution in [-0.2, 0) is 16.4 Å². The molecule has 2 aromatic rings. The van der Waals surface area contributed by atoms with Gasteiger partial charge in [0.2, 0.25) is 10.0 Å². The van der Waals surface area contributed by atoms with E-state index in [-0.39, 0.29) is 10.9 Å². The second-order valence-electron chi connectivity index (χ2n) is 5.05. The average Bonchev–Trinajstić information content (AvgIpc) is 2.54. The Kier molecular flexibility index (Phi) is 6.24. The van der Waals surface area contributed by atoms with Gasteiger partial charge in [0.15, 0.2) is 0 Å². The zero-order valence-corrected chi connectivity index (χ0v) is 14.8. The van der Waals surface area contributed by atoms with Gasteiger partial charge < -0.3 is 10.6 Å². The summed E-state index contributed by atoms with van der Waals surface area (Å²) in [6, 6.07) is 13.6. The van der Waals surface area contributed by atoms with Crippen molar-refractivity contribution in [1.29, 1.82) is 0 Å². The van der Waals surface area contributed by atoms with Gasteiger partial charge in [0.1, 0.15) is 0 Å². The summed E-state index contributed by atoms with van der Waals surface area (Å²) in [5.74, 6) is 0. The van der Waals surface area contributed by atoms with Crippen LogP contribution < -0.4 is 15.8 Å². The van der Waals surface area contributed by atoms with Crippen molar-refractivity contribution >= 4 is 33.5 Å². The number of hydrogen-bond donors (Lipinski definition) is 3. The number of anilines is 1. The number of sulfonamides is 1. The number of nitrogens with one attached hydrogen (secondary N) is 2. The average molecular weight is 365 g/mol. The molecule has 24 heavy (non-hydrogen) atoms. The van der Waals surface area contributed by atoms with E-state index in [1.165, 1.54) is 12.1 Å². The van der Waals surface area contributed by atoms with Crippen LogP contribution in [0.1, 0.15) is 5.56 Å². The minimum Gasteiger partial charge on any atom is -0.338 e. The first-order valence-corrected chi connectivity index (χ1v) is 9.96. The van der Waals surface area contributed by atoms with Crippen molar-refractivity contribution in [2.24, 2.45) is 5.14 Å². The molecule has 0 saturated heterocycles. The van der Waals surface area contributed by atoms with E-state index in [2.05, 4.69) is 10.6 Å². The molecule has 2 amide bonds. The van der Waals surface area contributed by atoms with Gasteiger partial charge in [0, 0.05) is 17.1 Å². The Morgan fingerprint density at radius 2 is 1.88 bits per heavy atom. The third-order valence-corrected chi connectivity index (χ3v) is 4.93. The molecular weight excluding hydrogens is 346 g/mol. The molecule has 2 aromatic carbocycles. The van der Waals surface area contributed by atoms with Crippen LogP contribution in [0.3, 0.4) is 0 Å². The molecule has 0 aliphatic carbocycles. The number of hydrogen-bond acceptors (Lipinski definition) is 4. The first-order valence-electron chi connectivity index (χ1n) is 7.19. The zero-order valence-electron chi connectivity index (χ0n) is 13.2. The molecule has 8 heteroatoms. The molecule has 0 saturated carbocycles. The number of benzene rings is 2. The number of urea groups is 1. The van der Waals surface area contributed by atoms with E-state index >= 15 is 0 Å². The van der Waals surface area contributed by atoms with Gasteiger partial charge in [-0.1, -0.05) is 18.2 Å². The van der Waals surface area contributed by atoms with E-state index in [0.717, 1.165) is 16.1 Å². The molecule has 4 N–H and O–H groups in total. The molecule has 0 unspecified atom stereocenters. The van der Waals surface area contributed by atoms with E-state index in [4.69, 9.17) is 5.14 Å². The predicted molar refractivity (Wildman–Crippen MR) is 96.8 cm³/mol. The fourth-order valence-corrected chi connectivity index (χ4v) is 3.02. The normalized spacial score (nSPS) is 11.1. The molecule has 0 aliphatic heterocycles. The zero-order chi connectivity index (χ0) is 17.6. The number of thioether (sulfide) groups is 1. The maximum Gasteiger partial charge on any atom is 0.319 e. The summed E-state index contributed by atoms with van der Waals surface area (Å²) < 4.78 is 22.4. The van der Waals surface area contributed by atoms with Crippen molar-refractivity contribution in [3.05, 3.63) is 54.1 Å². The molecule has 2 rings (SSSR count). The van der Waals surface area contributed by atoms with Gasteiger partial charge in [-0.25, -0.2) is 18.4 Å². The lowest BCUT2D eigenvalue weighted by atomic mass is 10.1. The summed E-state index contributed by atoms with van der Waals surface area (Å²) in [6.45, 7) is 0.433. The first-order chi connectivity index (χ1) is 11.4. The second-order valence-corrected chi connectivity index (χ2v) is 7.49. The molecule has 0 aromatic heterocycles. The van der Waals surface area contributed by atoms with Gasteiger partial charge in [-0.2, -0.15) is 0 Å². The van der Waals surface area contributed by atoms with Crippen molar-refractivity contribution < 1.29 is 13.2 Å². The Balaban J connectivity index is 1.82. The van der Waals surface area contributed by atoms with Crippen molar-refractivity contribution in [3.63, 3.8) is 0 Å². The van der Waals surface area contributed by atoms with E-state index in [9.17, 15) is 13.2 Å². The number of amides is 2. The highest BCUT2D eigenvalue weighted by molar-refractivity contribution is 7.98. The fraction of sp³-hybridized carbons (Fsp3) is 0.188. The Labute approximate surface area is 145 Å². The molecule has 0 radical (unpaired) electrons. The summed E-state index contributed by atoms with van der Waals surface area (Å²) in [5.41, 5.74) is 1.64. The minimum absolute atomic E-state index is 0.0747. The Bertz CT molecular complexity index is 806. The van der Waals surface area contributed by atoms with Gasteiger partial charge in [-0.05, 0) is 48.6 Å². The number of carbonyl (C=O) groups is 1. The second kappa shape index (κ2) is 8.18. The summed E-state index contributed by atoms with van der Waals surface area (Å²) in [5, 5.41) is 10.6. The van der Waals surface area contributed by atoms with Crippen LogP contribution in [0.2, 0.25) is 0 Å². The molecule has 0 bridgehead atoms. The molecule has 0 heterocycles. The summed E-state index contributed by atoms with van der Waals surface area (Å²) in [4.78, 5) is 13.0. The number of primary sulfonamides is 1. The lowest BCUT2D eigenvalue weighted by Gasteiger charge is -2.09. The number of rotatable bonds is 6. The Morgan fingerprint density at radius 3 is 2.50 bits per heavy atom.